The average Bonchev–Trinajstić information content (AvgIpc) is 3.25. The molecule has 4 rings (SSSR count). The van der Waals surface area contributed by atoms with Gasteiger partial charge in [-0.25, -0.2) is 4.57 Å². The molecule has 0 unspecified atom stereocenters. The quantitative estimate of drug-likeness (QED) is 0.0801. The molecule has 0 spiro atoms. The zero-order valence-corrected chi connectivity index (χ0v) is 49.3. The van der Waals surface area contributed by atoms with Gasteiger partial charge in [0.15, 0.2) is 11.5 Å². The van der Waals surface area contributed by atoms with Crippen LogP contribution >= 0.6 is 41.7 Å². The summed E-state index contributed by atoms with van der Waals surface area (Å²) in [6, 6.07) is 15.8. The van der Waals surface area contributed by atoms with Crippen LogP contribution in [0.2, 0.25) is 0 Å². The zero-order valence-electron chi connectivity index (χ0n) is 45.2. The molecule has 0 aliphatic rings. The molecule has 0 aliphatic carbocycles. The molecule has 0 fully saturated rings. The summed E-state index contributed by atoms with van der Waals surface area (Å²) in [5.41, 5.74) is 14.6. The molecule has 4 aromatic carbocycles. The highest BCUT2D eigenvalue weighted by Gasteiger charge is 2.38. The van der Waals surface area contributed by atoms with Gasteiger partial charge in [-0.2, -0.15) is 0 Å². The van der Waals surface area contributed by atoms with E-state index in [0.29, 0.717) is 53.7 Å². The van der Waals surface area contributed by atoms with E-state index in [9.17, 15) is 9.13 Å². The Morgan fingerprint density at radius 1 is 0.485 bits per heavy atom. The van der Waals surface area contributed by atoms with Gasteiger partial charge in [-0.15, -0.1) is 0 Å². The Bertz CT molecular complexity index is 2280. The van der Waals surface area contributed by atoms with Crippen molar-refractivity contribution in [2.45, 2.75) is 160 Å². The Morgan fingerprint density at radius 3 is 1.15 bits per heavy atom. The molecule has 0 heterocycles. The van der Waals surface area contributed by atoms with Crippen molar-refractivity contribution < 1.29 is 41.4 Å². The second kappa shape index (κ2) is 27.8. The number of methoxy groups -OCH3 is 3. The first-order valence-corrected chi connectivity index (χ1v) is 29.0. The molecule has 0 radical (unpaired) electrons. The van der Waals surface area contributed by atoms with Crippen molar-refractivity contribution in [2.75, 3.05) is 47.8 Å². The molecule has 9 nitrogen and oxygen atoms in total. The Balaban J connectivity index is 0.000000407. The van der Waals surface area contributed by atoms with Crippen LogP contribution in [0.25, 0.3) is 22.3 Å². The molecule has 0 bridgehead atoms. The van der Waals surface area contributed by atoms with E-state index in [2.05, 4.69) is 151 Å². The molecular weight excluding hydrogens is 982 g/mol. The summed E-state index contributed by atoms with van der Waals surface area (Å²) >= 11 is 9.04. The van der Waals surface area contributed by atoms with Gasteiger partial charge in [0, 0.05) is 21.3 Å². The lowest BCUT2D eigenvalue weighted by molar-refractivity contribution is 0.228. The Morgan fingerprint density at radius 2 is 0.838 bits per heavy atom. The van der Waals surface area contributed by atoms with Gasteiger partial charge in [0.1, 0.15) is 11.1 Å². The Kier molecular flexibility index (Phi) is 25.1. The summed E-state index contributed by atoms with van der Waals surface area (Å²) < 4.78 is 64.1. The van der Waals surface area contributed by atoms with Crippen LogP contribution in [0.4, 0.5) is 0 Å². The summed E-state index contributed by atoms with van der Waals surface area (Å²) in [4.78, 5) is 0. The van der Waals surface area contributed by atoms with Gasteiger partial charge in [0.05, 0.1) is 47.8 Å². The lowest BCUT2D eigenvalue weighted by Crippen LogP contribution is -2.19. The normalized spacial score (nSPS) is 12.0. The molecule has 0 aliphatic heterocycles. The molecule has 0 atom stereocenters. The first-order valence-electron chi connectivity index (χ1n) is 24.2. The summed E-state index contributed by atoms with van der Waals surface area (Å²) in [7, 11) is 1.17. The minimum Gasteiger partial charge on any atom is -0.496 e. The van der Waals surface area contributed by atoms with Crippen molar-refractivity contribution in [3.05, 3.63) is 91.4 Å². The van der Waals surface area contributed by atoms with E-state index < -0.39 is 14.5 Å². The van der Waals surface area contributed by atoms with Crippen LogP contribution in [0.5, 0.6) is 17.2 Å². The van der Waals surface area contributed by atoms with Crippen molar-refractivity contribution in [3.63, 3.8) is 0 Å². The molecule has 13 heteroatoms. The van der Waals surface area contributed by atoms with Crippen LogP contribution in [0.3, 0.4) is 0 Å². The fourth-order valence-corrected chi connectivity index (χ4v) is 11.8. The lowest BCUT2D eigenvalue weighted by atomic mass is 9.81. The third-order valence-electron chi connectivity index (χ3n) is 11.5. The third-order valence-corrected chi connectivity index (χ3v) is 16.1. The molecule has 0 amide bonds. The number of aryl methyl sites for hydroxylation is 2. The number of benzene rings is 4. The minimum absolute atomic E-state index is 0.246. The first-order chi connectivity index (χ1) is 31.8. The topological polar surface area (TPSA) is 98.8 Å². The fourth-order valence-electron chi connectivity index (χ4n) is 8.13. The summed E-state index contributed by atoms with van der Waals surface area (Å²) in [6.07, 6.45) is 0. The van der Waals surface area contributed by atoms with Gasteiger partial charge in [-0.3, -0.25) is 13.6 Å². The third kappa shape index (κ3) is 15.7. The van der Waals surface area contributed by atoms with Crippen molar-refractivity contribution in [3.8, 4) is 39.5 Å². The SMILES string of the molecule is CCOP(=O)(Cl)OCC.CCOP(=O)(OCC)c1c(-c2c(C(C)C)cc(C(C)C)cc2C(C)C)cc(C)c(OC)c1OC.COc1cc(Br)c(-c2c(C(C)C)cc(C(C)C)cc2C(C)C)cc1C. The highest BCUT2D eigenvalue weighted by Crippen LogP contribution is 2.56. The molecule has 0 saturated heterocycles. The molecule has 382 valence electrons. The fraction of sp³-hybridized carbons (Fsp3) is 0.564. The zero-order chi connectivity index (χ0) is 52.0. The number of rotatable bonds is 20. The van der Waals surface area contributed by atoms with E-state index in [4.69, 9.17) is 34.5 Å². The largest absolute Gasteiger partial charge is 0.496 e. The van der Waals surface area contributed by atoms with Crippen LogP contribution in [0.15, 0.2) is 46.9 Å². The highest BCUT2D eigenvalue weighted by atomic mass is 79.9. The molecule has 0 aromatic heterocycles. The standard InChI is InChI=1S/C28H43O5P.C23H31BrO.C4H10ClO3P/c1-12-32-34(29,33-13-2)28-24(14-20(9)26(30-10)27(28)31-11)25-22(18(5)6)15-21(17(3)4)16-23(25)19(7)8;1-13(2)17-10-18(14(3)4)23(19(11-17)15(5)6)20-9-16(7)22(25-8)12-21(20)24;1-3-7-9(5,6)8-4-2/h14-19H,12-13H2,1-11H3;9-15H,1-8H3;3-4H2,1-2H3. The van der Waals surface area contributed by atoms with Crippen molar-refractivity contribution >= 4 is 47.0 Å². The monoisotopic (exact) mass is 1060 g/mol. The molecule has 68 heavy (non-hydrogen) atoms. The first kappa shape index (κ1) is 61.5. The molecule has 4 aromatic rings. The van der Waals surface area contributed by atoms with E-state index in [1.165, 1.54) is 44.5 Å². The summed E-state index contributed by atoms with van der Waals surface area (Å²) in [5.74, 6) is 4.25. The van der Waals surface area contributed by atoms with E-state index in [-0.39, 0.29) is 25.0 Å². The van der Waals surface area contributed by atoms with Gasteiger partial charge >= 0.3 is 14.5 Å². The van der Waals surface area contributed by atoms with E-state index >= 15 is 0 Å². The van der Waals surface area contributed by atoms with Gasteiger partial charge in [-0.1, -0.05) is 123 Å². The predicted molar refractivity (Wildman–Crippen MR) is 292 cm³/mol. The number of ether oxygens (including phenoxy) is 3. The van der Waals surface area contributed by atoms with Crippen molar-refractivity contribution in [1.29, 1.82) is 0 Å². The number of halogens is 2. The smallest absolute Gasteiger partial charge is 0.424 e. The Labute approximate surface area is 425 Å². The van der Waals surface area contributed by atoms with Crippen LogP contribution < -0.4 is 19.5 Å². The van der Waals surface area contributed by atoms with Gasteiger partial charge in [-0.05, 0) is 156 Å². The highest BCUT2D eigenvalue weighted by molar-refractivity contribution is 9.10. The maximum atomic E-state index is 14.3. The van der Waals surface area contributed by atoms with Gasteiger partial charge in [0.25, 0.3) is 0 Å². The van der Waals surface area contributed by atoms with E-state index in [0.717, 1.165) is 32.5 Å². The van der Waals surface area contributed by atoms with Crippen LogP contribution in [-0.4, -0.2) is 47.8 Å². The van der Waals surface area contributed by atoms with Crippen molar-refractivity contribution in [2.24, 2.45) is 0 Å². The number of hydrogen-bond acceptors (Lipinski definition) is 9. The van der Waals surface area contributed by atoms with Crippen LogP contribution in [0, 0.1) is 13.8 Å². The van der Waals surface area contributed by atoms with Gasteiger partial charge < -0.3 is 23.3 Å². The Hall–Kier alpha value is -2.65. The lowest BCUT2D eigenvalue weighted by Gasteiger charge is -2.29. The predicted octanol–water partition coefficient (Wildman–Crippen LogP) is 18.2. The van der Waals surface area contributed by atoms with E-state index in [1.54, 1.807) is 35.2 Å². The van der Waals surface area contributed by atoms with Crippen LogP contribution in [0.1, 0.15) is 191 Å². The maximum Gasteiger partial charge on any atom is 0.424 e. The second-order valence-corrected chi connectivity index (χ2v) is 24.1. The summed E-state index contributed by atoms with van der Waals surface area (Å²) in [6.45, 7) is 36.0. The number of hydrogen-bond donors (Lipinski definition) is 0. The second-order valence-electron chi connectivity index (χ2n) is 18.6. The average molecular weight is 1070 g/mol. The summed E-state index contributed by atoms with van der Waals surface area (Å²) in [5, 5.41) is 0.433. The van der Waals surface area contributed by atoms with Crippen molar-refractivity contribution in [1.82, 2.24) is 0 Å². The van der Waals surface area contributed by atoms with E-state index in [1.807, 2.05) is 26.8 Å². The maximum absolute atomic E-state index is 14.3. The van der Waals surface area contributed by atoms with Crippen LogP contribution in [-0.2, 0) is 27.2 Å². The van der Waals surface area contributed by atoms with Gasteiger partial charge in [0.2, 0.25) is 0 Å². The molecular formula is C55H84BrClO9P2. The molecule has 0 N–H and O–H groups in total. The minimum atomic E-state index is -3.72. The molecule has 0 saturated carbocycles.